The average molecular weight is 500 g/mol. The molecule has 10 heteroatoms. The molecule has 0 saturated carbocycles. The minimum absolute atomic E-state index is 0.0310. The summed E-state index contributed by atoms with van der Waals surface area (Å²) in [6, 6.07) is 13.1. The number of amides is 3. The van der Waals surface area contributed by atoms with Gasteiger partial charge >= 0.3 is 0 Å². The fraction of sp³-hybridized carbons (Fsp3) is 0.0435. The van der Waals surface area contributed by atoms with Crippen molar-refractivity contribution in [1.82, 2.24) is 10.2 Å². The van der Waals surface area contributed by atoms with Gasteiger partial charge in [-0.05, 0) is 66.8 Å². The molecule has 0 bridgehead atoms. The minimum atomic E-state index is -0.483. The Labute approximate surface area is 204 Å². The van der Waals surface area contributed by atoms with Crippen molar-refractivity contribution in [1.29, 1.82) is 0 Å². The van der Waals surface area contributed by atoms with E-state index in [1.807, 2.05) is 0 Å². The van der Waals surface area contributed by atoms with Crippen LogP contribution in [-0.2, 0) is 4.79 Å². The third-order valence-corrected chi connectivity index (χ3v) is 5.40. The van der Waals surface area contributed by atoms with E-state index in [1.54, 1.807) is 36.4 Å². The predicted octanol–water partition coefficient (Wildman–Crippen LogP) is 5.01. The number of hydrogen-bond donors (Lipinski definition) is 2. The maximum Gasteiger partial charge on any atom is 0.261 e. The van der Waals surface area contributed by atoms with Gasteiger partial charge in [0.25, 0.3) is 11.8 Å². The lowest BCUT2D eigenvalue weighted by atomic mass is 10.1. The topological polar surface area (TPSA) is 91.7 Å². The second-order valence-corrected chi connectivity index (χ2v) is 8.35. The number of benzene rings is 2. The van der Waals surface area contributed by atoms with Crippen LogP contribution in [0.3, 0.4) is 0 Å². The Morgan fingerprint density at radius 2 is 1.70 bits per heavy atom. The smallest absolute Gasteiger partial charge is 0.261 e. The van der Waals surface area contributed by atoms with Gasteiger partial charge in [0, 0.05) is 34.4 Å². The second kappa shape index (κ2) is 9.19. The van der Waals surface area contributed by atoms with E-state index in [0.717, 1.165) is 4.90 Å². The van der Waals surface area contributed by atoms with Crippen molar-refractivity contribution in [3.8, 4) is 11.3 Å². The van der Waals surface area contributed by atoms with Gasteiger partial charge in [0.05, 0.1) is 11.1 Å². The molecule has 0 atom stereocenters. The summed E-state index contributed by atoms with van der Waals surface area (Å²) < 4.78 is 5.70. The van der Waals surface area contributed by atoms with E-state index in [1.165, 1.54) is 31.3 Å². The van der Waals surface area contributed by atoms with Crippen LogP contribution < -0.4 is 10.6 Å². The van der Waals surface area contributed by atoms with E-state index in [9.17, 15) is 14.4 Å². The van der Waals surface area contributed by atoms with Crippen LogP contribution in [0.5, 0.6) is 0 Å². The molecule has 0 fully saturated rings. The number of furan rings is 1. The molecule has 33 heavy (non-hydrogen) atoms. The molecule has 1 aliphatic rings. The molecular weight excluding hydrogens is 485 g/mol. The maximum atomic E-state index is 12.2. The Hall–Kier alpha value is -3.46. The standard InChI is InChI=1S/C23H15Cl2N3O4S/c1-28-21(30)17-5-2-15(11-18(17)22(28)31)26-23(33)27-20(29)7-4-16-3-6-19(32-16)12-8-13(24)10-14(25)9-12/h2-11H,1H3,(H2,26,27,29,33)/b7-4+. The molecule has 166 valence electrons. The maximum absolute atomic E-state index is 12.2. The normalized spacial score (nSPS) is 12.9. The molecule has 0 aliphatic carbocycles. The fourth-order valence-corrected chi connectivity index (χ4v) is 3.95. The first-order valence-corrected chi connectivity index (χ1v) is 10.7. The SMILES string of the molecule is CN1C(=O)c2ccc(NC(=S)NC(=O)/C=C/c3ccc(-c4cc(Cl)cc(Cl)c4)o3)cc2C1=O. The highest BCUT2D eigenvalue weighted by molar-refractivity contribution is 7.80. The Morgan fingerprint density at radius 3 is 2.42 bits per heavy atom. The summed E-state index contributed by atoms with van der Waals surface area (Å²) in [6.45, 7) is 0. The summed E-state index contributed by atoms with van der Waals surface area (Å²) in [5, 5.41) is 6.33. The van der Waals surface area contributed by atoms with Crippen LogP contribution >= 0.6 is 35.4 Å². The van der Waals surface area contributed by atoms with Gasteiger partial charge in [-0.1, -0.05) is 23.2 Å². The van der Waals surface area contributed by atoms with Crippen LogP contribution in [0.1, 0.15) is 26.5 Å². The van der Waals surface area contributed by atoms with Gasteiger partial charge in [0.1, 0.15) is 11.5 Å². The predicted molar refractivity (Wildman–Crippen MR) is 130 cm³/mol. The Morgan fingerprint density at radius 1 is 1.00 bits per heavy atom. The number of imide groups is 1. The molecule has 3 amide bonds. The number of carbonyl (C=O) groups excluding carboxylic acids is 3. The summed E-state index contributed by atoms with van der Waals surface area (Å²) in [5.74, 6) is -0.243. The van der Waals surface area contributed by atoms with Crippen LogP contribution in [0.15, 0.2) is 59.0 Å². The van der Waals surface area contributed by atoms with Crippen molar-refractivity contribution < 1.29 is 18.8 Å². The van der Waals surface area contributed by atoms with E-state index in [-0.39, 0.29) is 16.6 Å². The van der Waals surface area contributed by atoms with Crippen molar-refractivity contribution >= 4 is 70.0 Å². The highest BCUT2D eigenvalue weighted by Crippen LogP contribution is 2.29. The third kappa shape index (κ3) is 4.98. The molecule has 0 saturated heterocycles. The summed E-state index contributed by atoms with van der Waals surface area (Å²) in [4.78, 5) is 37.3. The number of nitrogens with zero attached hydrogens (tertiary/aromatic N) is 1. The van der Waals surface area contributed by atoms with Crippen LogP contribution in [0.25, 0.3) is 17.4 Å². The van der Waals surface area contributed by atoms with Crippen molar-refractivity contribution in [2.45, 2.75) is 0 Å². The lowest BCUT2D eigenvalue weighted by Gasteiger charge is -2.08. The number of nitrogens with one attached hydrogen (secondary N) is 2. The molecule has 3 aromatic rings. The molecule has 7 nitrogen and oxygen atoms in total. The molecule has 0 radical (unpaired) electrons. The van der Waals surface area contributed by atoms with Gasteiger partial charge in [-0.25, -0.2) is 0 Å². The molecule has 4 rings (SSSR count). The Kier molecular flexibility index (Phi) is 6.33. The summed E-state index contributed by atoms with van der Waals surface area (Å²) in [7, 11) is 1.42. The number of hydrogen-bond acceptors (Lipinski definition) is 5. The summed E-state index contributed by atoms with van der Waals surface area (Å²) in [5.41, 5.74) is 1.78. The zero-order valence-electron chi connectivity index (χ0n) is 17.0. The largest absolute Gasteiger partial charge is 0.457 e. The molecular formula is C23H15Cl2N3O4S. The average Bonchev–Trinajstić information content (AvgIpc) is 3.31. The van der Waals surface area contributed by atoms with E-state index in [0.29, 0.717) is 38.4 Å². The first-order valence-electron chi connectivity index (χ1n) is 9.54. The lowest BCUT2D eigenvalue weighted by molar-refractivity contribution is -0.115. The van der Waals surface area contributed by atoms with E-state index in [4.69, 9.17) is 39.8 Å². The van der Waals surface area contributed by atoms with E-state index < -0.39 is 11.8 Å². The highest BCUT2D eigenvalue weighted by Gasteiger charge is 2.32. The van der Waals surface area contributed by atoms with Crippen molar-refractivity contribution in [3.63, 3.8) is 0 Å². The Balaban J connectivity index is 1.37. The third-order valence-electron chi connectivity index (χ3n) is 4.76. The minimum Gasteiger partial charge on any atom is -0.457 e. The van der Waals surface area contributed by atoms with E-state index >= 15 is 0 Å². The molecule has 2 N–H and O–H groups in total. The number of fused-ring (bicyclic) bond motifs is 1. The monoisotopic (exact) mass is 499 g/mol. The van der Waals surface area contributed by atoms with Gasteiger partial charge in [-0.3, -0.25) is 24.6 Å². The first kappa shape index (κ1) is 22.7. The highest BCUT2D eigenvalue weighted by atomic mass is 35.5. The molecule has 1 aromatic heterocycles. The molecule has 0 unspecified atom stereocenters. The zero-order chi connectivity index (χ0) is 23.7. The summed E-state index contributed by atoms with van der Waals surface area (Å²) in [6.07, 6.45) is 2.75. The second-order valence-electron chi connectivity index (χ2n) is 7.07. The van der Waals surface area contributed by atoms with E-state index in [2.05, 4.69) is 10.6 Å². The van der Waals surface area contributed by atoms with Crippen LogP contribution in [0, 0.1) is 0 Å². The van der Waals surface area contributed by atoms with Crippen LogP contribution in [0.4, 0.5) is 5.69 Å². The van der Waals surface area contributed by atoms with Crippen molar-refractivity contribution in [3.05, 3.63) is 81.5 Å². The van der Waals surface area contributed by atoms with Gasteiger partial charge in [0.15, 0.2) is 5.11 Å². The Bertz CT molecular complexity index is 1330. The van der Waals surface area contributed by atoms with Gasteiger partial charge in [0.2, 0.25) is 5.91 Å². The van der Waals surface area contributed by atoms with Gasteiger partial charge in [-0.2, -0.15) is 0 Å². The van der Waals surface area contributed by atoms with Crippen molar-refractivity contribution in [2.24, 2.45) is 0 Å². The molecule has 1 aliphatic heterocycles. The van der Waals surface area contributed by atoms with Crippen molar-refractivity contribution in [2.75, 3.05) is 12.4 Å². The quantitative estimate of drug-likeness (QED) is 0.298. The number of carbonyl (C=O) groups is 3. The molecule has 2 heterocycles. The first-order chi connectivity index (χ1) is 15.7. The number of anilines is 1. The van der Waals surface area contributed by atoms with Crippen LogP contribution in [-0.4, -0.2) is 34.8 Å². The van der Waals surface area contributed by atoms with Gasteiger partial charge < -0.3 is 9.73 Å². The number of halogens is 2. The molecule has 0 spiro atoms. The summed E-state index contributed by atoms with van der Waals surface area (Å²) >= 11 is 17.2. The van der Waals surface area contributed by atoms with Crippen LogP contribution in [0.2, 0.25) is 10.0 Å². The molecule has 2 aromatic carbocycles. The lowest BCUT2D eigenvalue weighted by Crippen LogP contribution is -2.32. The number of rotatable bonds is 4. The van der Waals surface area contributed by atoms with Gasteiger partial charge in [-0.15, -0.1) is 0 Å². The fourth-order valence-electron chi connectivity index (χ4n) is 3.21. The number of thiocarbonyl (C=S) groups is 1. The zero-order valence-corrected chi connectivity index (χ0v) is 19.3.